The average molecular weight is 273 g/mol. The van der Waals surface area contributed by atoms with Crippen molar-refractivity contribution in [3.8, 4) is 0 Å². The summed E-state index contributed by atoms with van der Waals surface area (Å²) in [5, 5.41) is 38.3. The molecule has 0 radical (unpaired) electrons. The molecule has 0 spiro atoms. The molecule has 0 heterocycles. The van der Waals surface area contributed by atoms with Crippen LogP contribution in [0.2, 0.25) is 0 Å². The number of hydrogen-bond donors (Lipinski definition) is 0. The first-order chi connectivity index (χ1) is 8.77. The molecule has 0 aromatic heterocycles. The van der Waals surface area contributed by atoms with E-state index in [1.165, 1.54) is 0 Å². The molecule has 0 saturated carbocycles. The van der Waals surface area contributed by atoms with Crippen molar-refractivity contribution in [2.24, 2.45) is 0 Å². The third-order valence-electron chi connectivity index (χ3n) is 1.90. The Morgan fingerprint density at radius 3 is 1.42 bits per heavy atom. The standard InChI is InChI=1S/C6H3N5O8/c12-8(13)4-2-1-3-5(9(14)15)6(4)7(10(16)17)11(18)19/h1-3H. The molecule has 0 unspecified atom stereocenters. The van der Waals surface area contributed by atoms with Gasteiger partial charge in [0.05, 0.1) is 9.85 Å². The third kappa shape index (κ3) is 2.48. The van der Waals surface area contributed by atoms with Crippen molar-refractivity contribution in [2.45, 2.75) is 0 Å². The number of hydrazine groups is 2. The van der Waals surface area contributed by atoms with E-state index >= 15 is 0 Å². The fourth-order valence-corrected chi connectivity index (χ4v) is 1.24. The first-order valence-electron chi connectivity index (χ1n) is 4.28. The van der Waals surface area contributed by atoms with E-state index in [4.69, 9.17) is 0 Å². The first kappa shape index (κ1) is 13.7. The SMILES string of the molecule is O=[N+]([O-])c1cccc([N+](=O)[O-])c1N([N+](=O)[O-])[N+](=O)[O-]. The van der Waals surface area contributed by atoms with E-state index in [1.54, 1.807) is 0 Å². The highest BCUT2D eigenvalue weighted by Gasteiger charge is 2.44. The van der Waals surface area contributed by atoms with E-state index in [2.05, 4.69) is 0 Å². The lowest BCUT2D eigenvalue weighted by atomic mass is 10.2. The Kier molecular flexibility index (Phi) is 3.50. The van der Waals surface area contributed by atoms with Crippen LogP contribution in [0.4, 0.5) is 17.1 Å². The van der Waals surface area contributed by atoms with Crippen molar-refractivity contribution >= 4 is 17.1 Å². The minimum absolute atomic E-state index is 0.683. The van der Waals surface area contributed by atoms with Gasteiger partial charge in [-0.15, -0.1) is 0 Å². The van der Waals surface area contributed by atoms with Crippen molar-refractivity contribution in [1.82, 2.24) is 0 Å². The molecule has 19 heavy (non-hydrogen) atoms. The summed E-state index contributed by atoms with van der Waals surface area (Å²) in [6, 6.07) is 2.25. The molecule has 0 aliphatic rings. The summed E-state index contributed by atoms with van der Waals surface area (Å²) in [5.74, 6) is 0. The van der Waals surface area contributed by atoms with Crippen LogP contribution in [0.1, 0.15) is 0 Å². The molecular formula is C6H3N5O8. The summed E-state index contributed by atoms with van der Waals surface area (Å²) < 4.78 is 0. The summed E-state index contributed by atoms with van der Waals surface area (Å²) >= 11 is 0. The second-order valence-electron chi connectivity index (χ2n) is 2.92. The molecule has 100 valence electrons. The summed E-state index contributed by atoms with van der Waals surface area (Å²) in [6.07, 6.45) is 0. The van der Waals surface area contributed by atoms with Gasteiger partial charge in [0.15, 0.2) is 0 Å². The van der Waals surface area contributed by atoms with Crippen molar-refractivity contribution in [3.63, 3.8) is 0 Å². The average Bonchev–Trinajstić information content (AvgIpc) is 2.27. The van der Waals surface area contributed by atoms with Gasteiger partial charge in [0, 0.05) is 12.1 Å². The van der Waals surface area contributed by atoms with Crippen molar-refractivity contribution in [3.05, 3.63) is 58.7 Å². The second kappa shape index (κ2) is 4.86. The van der Waals surface area contributed by atoms with Crippen LogP contribution in [-0.2, 0) is 0 Å². The number of nitro groups is 4. The number of hydrogen-bond acceptors (Lipinski definition) is 8. The van der Waals surface area contributed by atoms with Crippen LogP contribution in [0, 0.1) is 40.5 Å². The molecule has 0 aliphatic heterocycles. The van der Waals surface area contributed by atoms with Crippen LogP contribution >= 0.6 is 0 Å². The maximum atomic E-state index is 10.7. The zero-order chi connectivity index (χ0) is 14.7. The smallest absolute Gasteiger partial charge is 0.258 e. The predicted octanol–water partition coefficient (Wildman–Crippen LogP) is 0.693. The molecule has 0 saturated heterocycles. The summed E-state index contributed by atoms with van der Waals surface area (Å²) in [6.45, 7) is 0. The fourth-order valence-electron chi connectivity index (χ4n) is 1.24. The zero-order valence-electron chi connectivity index (χ0n) is 8.73. The zero-order valence-corrected chi connectivity index (χ0v) is 8.73. The van der Waals surface area contributed by atoms with E-state index in [9.17, 15) is 40.5 Å². The van der Waals surface area contributed by atoms with Crippen molar-refractivity contribution in [2.75, 3.05) is 5.12 Å². The molecule has 0 N–H and O–H groups in total. The van der Waals surface area contributed by atoms with E-state index in [0.29, 0.717) is 12.1 Å². The molecule has 1 aromatic carbocycles. The molecule has 13 nitrogen and oxygen atoms in total. The van der Waals surface area contributed by atoms with Crippen LogP contribution in [0.15, 0.2) is 18.2 Å². The lowest BCUT2D eigenvalue weighted by Gasteiger charge is -2.04. The van der Waals surface area contributed by atoms with E-state index in [1.807, 2.05) is 0 Å². The molecule has 13 heteroatoms. The van der Waals surface area contributed by atoms with Crippen LogP contribution in [0.3, 0.4) is 0 Å². The van der Waals surface area contributed by atoms with Gasteiger partial charge in [0.1, 0.15) is 0 Å². The minimum Gasteiger partial charge on any atom is -0.258 e. The van der Waals surface area contributed by atoms with Crippen molar-refractivity contribution in [1.29, 1.82) is 0 Å². The van der Waals surface area contributed by atoms with Gasteiger partial charge >= 0.3 is 17.1 Å². The number of rotatable bonds is 5. The topological polar surface area (TPSA) is 176 Å². The maximum absolute atomic E-state index is 10.7. The number of anilines is 1. The fraction of sp³-hybridized carbons (Fsp3) is 0. The van der Waals surface area contributed by atoms with E-state index in [-0.39, 0.29) is 0 Å². The highest BCUT2D eigenvalue weighted by Crippen LogP contribution is 2.37. The Bertz CT molecular complexity index is 539. The largest absolute Gasteiger partial charge is 0.334 e. The van der Waals surface area contributed by atoms with Gasteiger partial charge in [-0.1, -0.05) is 0 Å². The van der Waals surface area contributed by atoms with Gasteiger partial charge in [-0.2, -0.15) is 0 Å². The Morgan fingerprint density at radius 1 is 0.789 bits per heavy atom. The quantitative estimate of drug-likeness (QED) is 0.551. The van der Waals surface area contributed by atoms with E-state index in [0.717, 1.165) is 6.07 Å². The maximum Gasteiger partial charge on any atom is 0.334 e. The molecule has 0 bridgehead atoms. The van der Waals surface area contributed by atoms with Crippen molar-refractivity contribution < 1.29 is 19.9 Å². The molecule has 0 atom stereocenters. The number of nitro benzene ring substituents is 2. The normalized spacial score (nSPS) is 9.68. The van der Waals surface area contributed by atoms with Crippen LogP contribution in [0.5, 0.6) is 0 Å². The van der Waals surface area contributed by atoms with Gasteiger partial charge in [-0.25, -0.2) is 20.2 Å². The van der Waals surface area contributed by atoms with E-state index < -0.39 is 42.1 Å². The Balaban J connectivity index is 3.69. The minimum atomic E-state index is -1.60. The number of nitrogens with zero attached hydrogens (tertiary/aromatic N) is 5. The Labute approximate surface area is 102 Å². The van der Waals surface area contributed by atoms with Crippen LogP contribution < -0.4 is 5.12 Å². The molecule has 1 rings (SSSR count). The lowest BCUT2D eigenvalue weighted by Crippen LogP contribution is -2.36. The second-order valence-corrected chi connectivity index (χ2v) is 2.92. The molecule has 0 amide bonds. The summed E-state index contributed by atoms with van der Waals surface area (Å²) in [5.41, 5.74) is -3.57. The summed E-state index contributed by atoms with van der Waals surface area (Å²) in [4.78, 5) is 40.0. The van der Waals surface area contributed by atoms with Gasteiger partial charge < -0.3 is 0 Å². The van der Waals surface area contributed by atoms with Gasteiger partial charge in [-0.3, -0.25) is 20.2 Å². The molecule has 1 aromatic rings. The monoisotopic (exact) mass is 273 g/mol. The van der Waals surface area contributed by atoms with Crippen LogP contribution in [-0.4, -0.2) is 19.9 Å². The van der Waals surface area contributed by atoms with Gasteiger partial charge in [0.2, 0.25) is 15.2 Å². The highest BCUT2D eigenvalue weighted by molar-refractivity contribution is 5.72. The lowest BCUT2D eigenvalue weighted by molar-refractivity contribution is -0.712. The predicted molar refractivity (Wildman–Crippen MR) is 56.2 cm³/mol. The Morgan fingerprint density at radius 2 is 1.16 bits per heavy atom. The van der Waals surface area contributed by atoms with Gasteiger partial charge in [-0.05, 0) is 6.07 Å². The highest BCUT2D eigenvalue weighted by atomic mass is 16.8. The van der Waals surface area contributed by atoms with Gasteiger partial charge in [0.25, 0.3) is 0 Å². The number of para-hydroxylation sites is 1. The third-order valence-corrected chi connectivity index (χ3v) is 1.90. The summed E-state index contributed by atoms with van der Waals surface area (Å²) in [7, 11) is 0. The molecule has 0 fully saturated rings. The Hall–Kier alpha value is -3.38. The molecular weight excluding hydrogens is 270 g/mol. The van der Waals surface area contributed by atoms with Crippen LogP contribution in [0.25, 0.3) is 0 Å². The first-order valence-corrected chi connectivity index (χ1v) is 4.28. The number of benzene rings is 1. The molecule has 0 aliphatic carbocycles.